The van der Waals surface area contributed by atoms with E-state index in [-0.39, 0.29) is 11.9 Å². The van der Waals surface area contributed by atoms with Crippen LogP contribution in [0.25, 0.3) is 0 Å². The zero-order valence-electron chi connectivity index (χ0n) is 12.2. The number of aryl methyl sites for hydroxylation is 1. The maximum atomic E-state index is 12.3. The predicted molar refractivity (Wildman–Crippen MR) is 79.7 cm³/mol. The van der Waals surface area contributed by atoms with Crippen LogP contribution >= 0.6 is 0 Å². The van der Waals surface area contributed by atoms with E-state index in [1.165, 1.54) is 12.0 Å². The largest absolute Gasteiger partial charge is 0.497 e. The summed E-state index contributed by atoms with van der Waals surface area (Å²) in [6.45, 7) is 1.44. The molecule has 1 aromatic rings. The standard InChI is InChI=1S/C16H24N2O2/c1-20-15-8-5-13(6-9-15)7-10-16(19)18-11-3-2-4-14(18)12-17/h5-6,8-9,14H,2-4,7,10-12,17H2,1H3. The molecule has 0 radical (unpaired) electrons. The molecule has 1 fully saturated rings. The van der Waals surface area contributed by atoms with Gasteiger partial charge >= 0.3 is 0 Å². The molecule has 4 nitrogen and oxygen atoms in total. The minimum atomic E-state index is 0.232. The molecule has 20 heavy (non-hydrogen) atoms. The Bertz CT molecular complexity index is 431. The van der Waals surface area contributed by atoms with E-state index >= 15 is 0 Å². The van der Waals surface area contributed by atoms with Gasteiger partial charge in [-0.15, -0.1) is 0 Å². The molecule has 4 heteroatoms. The van der Waals surface area contributed by atoms with Crippen molar-refractivity contribution in [3.63, 3.8) is 0 Å². The lowest BCUT2D eigenvalue weighted by Crippen LogP contribution is -2.47. The Hall–Kier alpha value is -1.55. The van der Waals surface area contributed by atoms with E-state index in [2.05, 4.69) is 0 Å². The van der Waals surface area contributed by atoms with Gasteiger partial charge in [0.15, 0.2) is 0 Å². The van der Waals surface area contributed by atoms with Crippen LogP contribution < -0.4 is 10.5 Å². The van der Waals surface area contributed by atoms with Gasteiger partial charge in [0.25, 0.3) is 0 Å². The van der Waals surface area contributed by atoms with E-state index in [9.17, 15) is 4.79 Å². The molecule has 0 bridgehead atoms. The molecule has 0 aromatic heterocycles. The summed E-state index contributed by atoms with van der Waals surface area (Å²) in [4.78, 5) is 14.3. The monoisotopic (exact) mass is 276 g/mol. The third-order valence-corrected chi connectivity index (χ3v) is 4.01. The normalized spacial score (nSPS) is 18.9. The number of rotatable bonds is 5. The molecule has 2 N–H and O–H groups in total. The van der Waals surface area contributed by atoms with Gasteiger partial charge in [-0.1, -0.05) is 12.1 Å². The Kier molecular flexibility index (Phi) is 5.41. The minimum absolute atomic E-state index is 0.232. The molecule has 0 aliphatic carbocycles. The summed E-state index contributed by atoms with van der Waals surface area (Å²) in [6, 6.07) is 8.14. The first-order valence-corrected chi connectivity index (χ1v) is 7.37. The van der Waals surface area contributed by atoms with E-state index in [1.54, 1.807) is 7.11 Å². The average molecular weight is 276 g/mol. The highest BCUT2D eigenvalue weighted by Gasteiger charge is 2.24. The van der Waals surface area contributed by atoms with Gasteiger partial charge in [0.1, 0.15) is 5.75 Å². The number of hydrogen-bond acceptors (Lipinski definition) is 3. The van der Waals surface area contributed by atoms with E-state index in [1.807, 2.05) is 29.2 Å². The number of methoxy groups -OCH3 is 1. The first-order valence-electron chi connectivity index (χ1n) is 7.37. The Morgan fingerprint density at radius 3 is 2.75 bits per heavy atom. The first kappa shape index (κ1) is 14.9. The van der Waals surface area contributed by atoms with Gasteiger partial charge in [-0.25, -0.2) is 0 Å². The highest BCUT2D eigenvalue weighted by atomic mass is 16.5. The van der Waals surface area contributed by atoms with Crippen LogP contribution in [-0.4, -0.2) is 37.0 Å². The summed E-state index contributed by atoms with van der Waals surface area (Å²) in [5, 5.41) is 0. The lowest BCUT2D eigenvalue weighted by Gasteiger charge is -2.35. The predicted octanol–water partition coefficient (Wildman–Crippen LogP) is 1.97. The van der Waals surface area contributed by atoms with Crippen molar-refractivity contribution in [1.29, 1.82) is 0 Å². The summed E-state index contributed by atoms with van der Waals surface area (Å²) in [7, 11) is 1.65. The number of piperidine rings is 1. The SMILES string of the molecule is COc1ccc(CCC(=O)N2CCCCC2CN)cc1. The molecule has 1 unspecified atom stereocenters. The second kappa shape index (κ2) is 7.29. The number of hydrogen-bond donors (Lipinski definition) is 1. The topological polar surface area (TPSA) is 55.6 Å². The van der Waals surface area contributed by atoms with E-state index in [0.29, 0.717) is 13.0 Å². The van der Waals surface area contributed by atoms with Crippen molar-refractivity contribution in [2.45, 2.75) is 38.1 Å². The molecule has 2 rings (SSSR count). The molecule has 110 valence electrons. The molecule has 1 saturated heterocycles. The van der Waals surface area contributed by atoms with Crippen LogP contribution in [-0.2, 0) is 11.2 Å². The van der Waals surface area contributed by atoms with E-state index in [0.717, 1.165) is 31.6 Å². The van der Waals surface area contributed by atoms with Gasteiger partial charge in [0.2, 0.25) is 5.91 Å². The second-order valence-corrected chi connectivity index (χ2v) is 5.32. The fourth-order valence-electron chi connectivity index (χ4n) is 2.76. The second-order valence-electron chi connectivity index (χ2n) is 5.32. The maximum absolute atomic E-state index is 12.3. The smallest absolute Gasteiger partial charge is 0.223 e. The number of ether oxygens (including phenoxy) is 1. The van der Waals surface area contributed by atoms with Crippen LogP contribution in [0, 0.1) is 0 Å². The molecular weight excluding hydrogens is 252 g/mol. The van der Waals surface area contributed by atoms with E-state index < -0.39 is 0 Å². The van der Waals surface area contributed by atoms with Gasteiger partial charge in [-0.05, 0) is 43.4 Å². The van der Waals surface area contributed by atoms with Gasteiger partial charge in [0.05, 0.1) is 7.11 Å². The van der Waals surface area contributed by atoms with E-state index in [4.69, 9.17) is 10.5 Å². The average Bonchev–Trinajstić information content (AvgIpc) is 2.53. The van der Waals surface area contributed by atoms with Crippen LogP contribution in [0.4, 0.5) is 0 Å². The quantitative estimate of drug-likeness (QED) is 0.894. The summed E-state index contributed by atoms with van der Waals surface area (Å²) in [5.41, 5.74) is 6.93. The van der Waals surface area contributed by atoms with Crippen LogP contribution in [0.2, 0.25) is 0 Å². The molecule has 0 saturated carbocycles. The van der Waals surface area contributed by atoms with Gasteiger partial charge < -0.3 is 15.4 Å². The lowest BCUT2D eigenvalue weighted by molar-refractivity contribution is -0.134. The fourth-order valence-corrected chi connectivity index (χ4v) is 2.76. The number of amides is 1. The zero-order valence-corrected chi connectivity index (χ0v) is 12.2. The summed E-state index contributed by atoms with van der Waals surface area (Å²) >= 11 is 0. The number of likely N-dealkylation sites (tertiary alicyclic amines) is 1. The third kappa shape index (κ3) is 3.73. The number of benzene rings is 1. The maximum Gasteiger partial charge on any atom is 0.223 e. The van der Waals surface area contributed by atoms with Crippen LogP contribution in [0.1, 0.15) is 31.2 Å². The molecule has 1 aliphatic heterocycles. The molecule has 1 aromatic carbocycles. The minimum Gasteiger partial charge on any atom is -0.497 e. The van der Waals surface area contributed by atoms with Crippen molar-refractivity contribution in [2.75, 3.05) is 20.2 Å². The third-order valence-electron chi connectivity index (χ3n) is 4.01. The Balaban J connectivity index is 1.87. The molecular formula is C16H24N2O2. The van der Waals surface area contributed by atoms with Crippen molar-refractivity contribution in [3.8, 4) is 5.75 Å². The first-order chi connectivity index (χ1) is 9.74. The molecule has 1 atom stereocenters. The van der Waals surface area contributed by atoms with Gasteiger partial charge in [0, 0.05) is 25.6 Å². The fraction of sp³-hybridized carbons (Fsp3) is 0.562. The van der Waals surface area contributed by atoms with Crippen molar-refractivity contribution in [1.82, 2.24) is 4.90 Å². The summed E-state index contributed by atoms with van der Waals surface area (Å²) in [6.07, 6.45) is 4.67. The van der Waals surface area contributed by atoms with Crippen LogP contribution in [0.15, 0.2) is 24.3 Å². The summed E-state index contributed by atoms with van der Waals surface area (Å²) in [5.74, 6) is 1.08. The van der Waals surface area contributed by atoms with Gasteiger partial charge in [-0.3, -0.25) is 4.79 Å². The Morgan fingerprint density at radius 1 is 1.35 bits per heavy atom. The highest BCUT2D eigenvalue weighted by Crippen LogP contribution is 2.18. The lowest BCUT2D eigenvalue weighted by atomic mass is 10.0. The number of carbonyl (C=O) groups excluding carboxylic acids is 1. The molecule has 1 heterocycles. The van der Waals surface area contributed by atoms with Crippen molar-refractivity contribution >= 4 is 5.91 Å². The number of carbonyl (C=O) groups is 1. The van der Waals surface area contributed by atoms with Crippen molar-refractivity contribution in [3.05, 3.63) is 29.8 Å². The van der Waals surface area contributed by atoms with Crippen molar-refractivity contribution < 1.29 is 9.53 Å². The Morgan fingerprint density at radius 2 is 2.10 bits per heavy atom. The van der Waals surface area contributed by atoms with Gasteiger partial charge in [-0.2, -0.15) is 0 Å². The molecule has 1 aliphatic rings. The highest BCUT2D eigenvalue weighted by molar-refractivity contribution is 5.77. The van der Waals surface area contributed by atoms with Crippen LogP contribution in [0.5, 0.6) is 5.75 Å². The zero-order chi connectivity index (χ0) is 14.4. The number of nitrogens with two attached hydrogens (primary N) is 1. The summed E-state index contributed by atoms with van der Waals surface area (Å²) < 4.78 is 5.13. The molecule has 1 amide bonds. The van der Waals surface area contributed by atoms with Crippen molar-refractivity contribution in [2.24, 2.45) is 5.73 Å². The number of nitrogens with zero attached hydrogens (tertiary/aromatic N) is 1. The van der Waals surface area contributed by atoms with Crippen LogP contribution in [0.3, 0.4) is 0 Å². The molecule has 0 spiro atoms. The Labute approximate surface area is 120 Å².